The third kappa shape index (κ3) is 8.17. The van der Waals surface area contributed by atoms with Gasteiger partial charge in [-0.2, -0.15) is 0 Å². The van der Waals surface area contributed by atoms with Crippen LogP contribution in [0.25, 0.3) is 22.4 Å². The first-order valence-electron chi connectivity index (χ1n) is 16.7. The number of carboxylic acid groups (broad SMARTS) is 1. The number of nitrogens with one attached hydrogen (secondary N) is 1. The summed E-state index contributed by atoms with van der Waals surface area (Å²) in [5, 5.41) is 31.7. The molecular formula is C34H46N8O5. The summed E-state index contributed by atoms with van der Waals surface area (Å²) in [5.41, 5.74) is 11.5. The standard InChI is InChI=1S/C34H46N8O5/c35-34-27(20-29(38-39-34)26-4-1-2-6-31(26)43)33-28(37-10-9-30(33)42-24-7-8-25(42)22-36-21-24)5-3-16-46-18-19-47-17-15-40-11-13-41(14-12-40)23-32(44)45/h1-2,4,6,9-10,20,24-25,36,43H,3,5,7-8,11-19,21-23H2,(H2,35,39)(H,44,45). The van der Waals surface area contributed by atoms with Crippen LogP contribution < -0.4 is 16.0 Å². The molecule has 0 spiro atoms. The van der Waals surface area contributed by atoms with Crippen LogP contribution in [-0.2, 0) is 20.7 Å². The van der Waals surface area contributed by atoms with Crippen LogP contribution >= 0.6 is 0 Å². The van der Waals surface area contributed by atoms with Crippen molar-refractivity contribution in [3.8, 4) is 28.1 Å². The second-order valence-electron chi connectivity index (χ2n) is 12.5. The van der Waals surface area contributed by atoms with Crippen molar-refractivity contribution in [2.24, 2.45) is 0 Å². The lowest BCUT2D eigenvalue weighted by Crippen LogP contribution is -2.52. The Morgan fingerprint density at radius 1 is 0.936 bits per heavy atom. The molecule has 3 aliphatic rings. The number of anilines is 2. The van der Waals surface area contributed by atoms with Crippen LogP contribution in [0, 0.1) is 0 Å². The van der Waals surface area contributed by atoms with Gasteiger partial charge >= 0.3 is 5.97 Å². The van der Waals surface area contributed by atoms with Gasteiger partial charge < -0.3 is 35.6 Å². The van der Waals surface area contributed by atoms with E-state index in [1.807, 2.05) is 29.3 Å². The van der Waals surface area contributed by atoms with Crippen LogP contribution in [0.4, 0.5) is 11.5 Å². The average molecular weight is 647 g/mol. The van der Waals surface area contributed by atoms with Crippen molar-refractivity contribution in [2.75, 3.05) is 89.4 Å². The second-order valence-corrected chi connectivity index (χ2v) is 12.5. The molecule has 3 aliphatic heterocycles. The summed E-state index contributed by atoms with van der Waals surface area (Å²) in [6.07, 6.45) is 5.66. The highest BCUT2D eigenvalue weighted by Gasteiger charge is 2.38. The van der Waals surface area contributed by atoms with Crippen LogP contribution in [-0.4, -0.2) is 132 Å². The second kappa shape index (κ2) is 15.8. The zero-order valence-corrected chi connectivity index (χ0v) is 26.9. The third-order valence-corrected chi connectivity index (χ3v) is 9.39. The number of piperazine rings is 2. The first-order valence-corrected chi connectivity index (χ1v) is 16.7. The molecule has 13 heteroatoms. The van der Waals surface area contributed by atoms with E-state index in [1.54, 1.807) is 12.1 Å². The van der Waals surface area contributed by atoms with Crippen molar-refractivity contribution >= 4 is 17.5 Å². The minimum absolute atomic E-state index is 0.108. The lowest BCUT2D eigenvalue weighted by Gasteiger charge is -2.38. The molecule has 0 aliphatic carbocycles. The molecule has 5 heterocycles. The van der Waals surface area contributed by atoms with Crippen molar-refractivity contribution in [3.63, 3.8) is 0 Å². The lowest BCUT2D eigenvalue weighted by molar-refractivity contribution is -0.138. The summed E-state index contributed by atoms with van der Waals surface area (Å²) in [6.45, 7) is 8.33. The molecule has 0 radical (unpaired) electrons. The number of aryl methyl sites for hydroxylation is 1. The molecule has 13 nitrogen and oxygen atoms in total. The molecule has 252 valence electrons. The lowest BCUT2D eigenvalue weighted by atomic mass is 9.96. The summed E-state index contributed by atoms with van der Waals surface area (Å²) in [4.78, 5) is 22.6. The predicted molar refractivity (Wildman–Crippen MR) is 179 cm³/mol. The van der Waals surface area contributed by atoms with Crippen LogP contribution in [0.1, 0.15) is 25.0 Å². The van der Waals surface area contributed by atoms with Crippen LogP contribution in [0.5, 0.6) is 5.75 Å². The fourth-order valence-corrected chi connectivity index (χ4v) is 7.01. The minimum atomic E-state index is -0.774. The number of ether oxygens (including phenoxy) is 2. The van der Waals surface area contributed by atoms with E-state index in [1.165, 1.54) is 0 Å². The van der Waals surface area contributed by atoms with E-state index >= 15 is 0 Å². The van der Waals surface area contributed by atoms with Gasteiger partial charge in [-0.1, -0.05) is 12.1 Å². The monoisotopic (exact) mass is 646 g/mol. The molecule has 2 aromatic heterocycles. The van der Waals surface area contributed by atoms with E-state index in [4.69, 9.17) is 25.3 Å². The first kappa shape index (κ1) is 33.0. The zero-order chi connectivity index (χ0) is 32.6. The minimum Gasteiger partial charge on any atom is -0.507 e. The van der Waals surface area contributed by atoms with Crippen LogP contribution in [0.3, 0.4) is 0 Å². The van der Waals surface area contributed by atoms with Gasteiger partial charge in [0, 0.05) is 93.1 Å². The Morgan fingerprint density at radius 3 is 2.40 bits per heavy atom. The highest BCUT2D eigenvalue weighted by molar-refractivity contribution is 5.88. The van der Waals surface area contributed by atoms with Gasteiger partial charge in [-0.3, -0.25) is 19.6 Å². The van der Waals surface area contributed by atoms with Crippen molar-refractivity contribution in [1.82, 2.24) is 30.3 Å². The number of aromatic nitrogens is 3. The van der Waals surface area contributed by atoms with Gasteiger partial charge in [0.25, 0.3) is 0 Å². The molecule has 6 rings (SSSR count). The molecule has 5 N–H and O–H groups in total. The van der Waals surface area contributed by atoms with Gasteiger partial charge in [-0.15, -0.1) is 10.2 Å². The summed E-state index contributed by atoms with van der Waals surface area (Å²) in [7, 11) is 0. The molecule has 0 saturated carbocycles. The van der Waals surface area contributed by atoms with Gasteiger partial charge in [0.05, 0.1) is 37.8 Å². The SMILES string of the molecule is Nc1nnc(-c2ccccc2O)cc1-c1c(N2C3CCC2CNC3)ccnc1CCCOCCOCCN1CCN(CC(=O)O)CC1. The van der Waals surface area contributed by atoms with Gasteiger partial charge in [0.1, 0.15) is 5.75 Å². The van der Waals surface area contributed by atoms with Crippen molar-refractivity contribution in [1.29, 1.82) is 0 Å². The van der Waals surface area contributed by atoms with E-state index in [0.717, 1.165) is 87.6 Å². The number of nitrogens with two attached hydrogens (primary N) is 1. The fraction of sp³-hybridized carbons (Fsp3) is 0.529. The largest absolute Gasteiger partial charge is 0.507 e. The molecule has 0 amide bonds. The zero-order valence-electron chi connectivity index (χ0n) is 26.9. The number of rotatable bonds is 15. The van der Waals surface area contributed by atoms with E-state index in [2.05, 4.69) is 31.4 Å². The van der Waals surface area contributed by atoms with Crippen LogP contribution in [0.2, 0.25) is 0 Å². The van der Waals surface area contributed by atoms with E-state index in [9.17, 15) is 9.90 Å². The fourth-order valence-electron chi connectivity index (χ4n) is 7.01. The maximum atomic E-state index is 10.9. The number of hydrogen-bond acceptors (Lipinski definition) is 12. The van der Waals surface area contributed by atoms with Crippen molar-refractivity contribution in [3.05, 3.63) is 48.3 Å². The van der Waals surface area contributed by atoms with Gasteiger partial charge in [0.2, 0.25) is 0 Å². The quantitative estimate of drug-likeness (QED) is 0.178. The smallest absolute Gasteiger partial charge is 0.317 e. The third-order valence-electron chi connectivity index (χ3n) is 9.39. The number of aliphatic carboxylic acids is 1. The normalized spacial score (nSPS) is 20.1. The Hall–Kier alpha value is -3.88. The topological polar surface area (TPSA) is 162 Å². The summed E-state index contributed by atoms with van der Waals surface area (Å²) in [5.74, 6) is -0.303. The summed E-state index contributed by atoms with van der Waals surface area (Å²) in [6, 6.07) is 11.9. The highest BCUT2D eigenvalue weighted by atomic mass is 16.5. The van der Waals surface area contributed by atoms with Gasteiger partial charge in [-0.05, 0) is 49.9 Å². The number of fused-ring (bicyclic) bond motifs is 2. The average Bonchev–Trinajstić information content (AvgIpc) is 3.32. The first-order chi connectivity index (χ1) is 23.0. The number of phenols is 1. The number of carboxylic acids is 1. The molecular weight excluding hydrogens is 600 g/mol. The molecule has 3 saturated heterocycles. The highest BCUT2D eigenvalue weighted by Crippen LogP contribution is 2.43. The number of carbonyl (C=O) groups is 1. The van der Waals surface area contributed by atoms with E-state index in [-0.39, 0.29) is 12.3 Å². The number of nitrogens with zero attached hydrogens (tertiary/aromatic N) is 6. The number of aromatic hydroxyl groups is 1. The molecule has 2 bridgehead atoms. The number of pyridine rings is 1. The van der Waals surface area contributed by atoms with Gasteiger partial charge in [-0.25, -0.2) is 0 Å². The number of para-hydroxylation sites is 1. The molecule has 47 heavy (non-hydrogen) atoms. The number of phenolic OH excluding ortho intramolecular Hbond substituents is 1. The summed E-state index contributed by atoms with van der Waals surface area (Å²) < 4.78 is 11.7. The van der Waals surface area contributed by atoms with E-state index in [0.29, 0.717) is 62.0 Å². The Bertz CT molecular complexity index is 1490. The predicted octanol–water partition coefficient (Wildman–Crippen LogP) is 2.10. The number of hydrogen-bond donors (Lipinski definition) is 4. The van der Waals surface area contributed by atoms with Crippen molar-refractivity contribution < 1.29 is 24.5 Å². The van der Waals surface area contributed by atoms with Crippen molar-refractivity contribution in [2.45, 2.75) is 37.8 Å². The molecule has 3 fully saturated rings. The molecule has 3 aromatic rings. The Morgan fingerprint density at radius 2 is 1.66 bits per heavy atom. The number of benzene rings is 1. The Kier molecular flexibility index (Phi) is 11.1. The van der Waals surface area contributed by atoms with E-state index < -0.39 is 5.97 Å². The Balaban J connectivity index is 1.07. The molecule has 1 aromatic carbocycles. The number of nitrogen functional groups attached to an aromatic ring is 1. The molecule has 2 unspecified atom stereocenters. The summed E-state index contributed by atoms with van der Waals surface area (Å²) >= 11 is 0. The van der Waals surface area contributed by atoms with Gasteiger partial charge in [0.15, 0.2) is 5.82 Å². The maximum Gasteiger partial charge on any atom is 0.317 e. The van der Waals surface area contributed by atoms with Crippen LogP contribution in [0.15, 0.2) is 42.6 Å². The molecule has 2 atom stereocenters. The maximum absolute atomic E-state index is 10.9. The Labute approximate surface area is 275 Å².